The summed E-state index contributed by atoms with van der Waals surface area (Å²) in [6, 6.07) is 10.8. The van der Waals surface area contributed by atoms with Crippen molar-refractivity contribution in [2.75, 3.05) is 13.1 Å². The average molecular weight is 359 g/mol. The van der Waals surface area contributed by atoms with Crippen LogP contribution in [0.3, 0.4) is 0 Å². The smallest absolute Gasteiger partial charge is 0.100 e. The minimum absolute atomic E-state index is 0.391. The Kier molecular flexibility index (Phi) is 3.98. The van der Waals surface area contributed by atoms with E-state index in [1.54, 1.807) is 0 Å². The van der Waals surface area contributed by atoms with E-state index in [0.29, 0.717) is 6.04 Å². The fourth-order valence-electron chi connectivity index (χ4n) is 4.12. The Labute approximate surface area is 157 Å². The van der Waals surface area contributed by atoms with Crippen molar-refractivity contribution < 1.29 is 5.21 Å². The minimum Gasteiger partial charge on any atom is -0.411 e. The molecule has 1 aliphatic carbocycles. The summed E-state index contributed by atoms with van der Waals surface area (Å²) in [6.45, 7) is 1.99. The Bertz CT molecular complexity index is 1000. The fourth-order valence-corrected chi connectivity index (χ4v) is 4.12. The summed E-state index contributed by atoms with van der Waals surface area (Å²) in [5, 5.41) is 21.0. The van der Waals surface area contributed by atoms with E-state index in [1.165, 1.54) is 5.56 Å². The van der Waals surface area contributed by atoms with E-state index in [1.807, 2.05) is 24.5 Å². The molecule has 0 bridgehead atoms. The monoisotopic (exact) mass is 359 g/mol. The third-order valence-corrected chi connectivity index (χ3v) is 5.57. The van der Waals surface area contributed by atoms with Gasteiger partial charge in [-0.15, -0.1) is 0 Å². The van der Waals surface area contributed by atoms with Gasteiger partial charge >= 0.3 is 0 Å². The zero-order chi connectivity index (χ0) is 18.2. The maximum absolute atomic E-state index is 9.18. The Morgan fingerprint density at radius 3 is 2.74 bits per heavy atom. The van der Waals surface area contributed by atoms with Gasteiger partial charge in [0.15, 0.2) is 0 Å². The van der Waals surface area contributed by atoms with Crippen LogP contribution in [0.4, 0.5) is 0 Å². The number of pyridine rings is 1. The van der Waals surface area contributed by atoms with E-state index < -0.39 is 0 Å². The first-order valence-corrected chi connectivity index (χ1v) is 9.38. The predicted molar refractivity (Wildman–Crippen MR) is 104 cm³/mol. The van der Waals surface area contributed by atoms with Crippen LogP contribution < -0.4 is 5.32 Å². The average Bonchev–Trinajstić information content (AvgIpc) is 3.46. The lowest BCUT2D eigenvalue weighted by atomic mass is 9.98. The quantitative estimate of drug-likeness (QED) is 0.556. The third kappa shape index (κ3) is 2.82. The van der Waals surface area contributed by atoms with E-state index in [4.69, 9.17) is 5.10 Å². The van der Waals surface area contributed by atoms with Gasteiger partial charge in [0.25, 0.3) is 0 Å². The lowest BCUT2D eigenvalue weighted by Crippen LogP contribution is -2.13. The second-order valence-corrected chi connectivity index (χ2v) is 7.17. The minimum atomic E-state index is 0.391. The largest absolute Gasteiger partial charge is 0.411 e. The molecule has 2 aliphatic rings. The molecule has 1 atom stereocenters. The van der Waals surface area contributed by atoms with Crippen molar-refractivity contribution in [2.24, 2.45) is 5.16 Å². The van der Waals surface area contributed by atoms with Crippen LogP contribution in [-0.4, -0.2) is 38.8 Å². The highest BCUT2D eigenvalue weighted by molar-refractivity contribution is 6.04. The highest BCUT2D eigenvalue weighted by atomic mass is 16.4. The van der Waals surface area contributed by atoms with Gasteiger partial charge < -0.3 is 10.5 Å². The molecule has 1 fully saturated rings. The molecule has 5 rings (SSSR count). The second kappa shape index (κ2) is 6.63. The van der Waals surface area contributed by atoms with Crippen molar-refractivity contribution >= 4 is 5.71 Å². The molecule has 0 radical (unpaired) electrons. The number of nitrogens with zero attached hydrogens (tertiary/aromatic N) is 4. The fraction of sp³-hybridized carbons (Fsp3) is 0.286. The lowest BCUT2D eigenvalue weighted by molar-refractivity contribution is 0.318. The predicted octanol–water partition coefficient (Wildman–Crippen LogP) is 3.27. The molecule has 6 heteroatoms. The molecule has 2 aromatic heterocycles. The van der Waals surface area contributed by atoms with E-state index in [9.17, 15) is 5.21 Å². The van der Waals surface area contributed by atoms with E-state index in [2.05, 4.69) is 44.5 Å². The van der Waals surface area contributed by atoms with Crippen molar-refractivity contribution in [2.45, 2.75) is 25.3 Å². The highest BCUT2D eigenvalue weighted by Crippen LogP contribution is 2.35. The molecule has 1 saturated heterocycles. The molecular formula is C21H21N5O. The summed E-state index contributed by atoms with van der Waals surface area (Å²) >= 11 is 0. The summed E-state index contributed by atoms with van der Waals surface area (Å²) in [4.78, 5) is 4.14. The number of nitrogens with one attached hydrogen (secondary N) is 1. The van der Waals surface area contributed by atoms with Crippen LogP contribution in [0.15, 0.2) is 54.1 Å². The number of rotatable bonds is 3. The zero-order valence-electron chi connectivity index (χ0n) is 15.0. The summed E-state index contributed by atoms with van der Waals surface area (Å²) in [5.41, 5.74) is 7.40. The van der Waals surface area contributed by atoms with Gasteiger partial charge in [0.2, 0.25) is 0 Å². The number of aryl methyl sites for hydroxylation is 1. The number of aromatic nitrogens is 3. The normalized spacial score (nSPS) is 20.3. The number of hydrogen-bond acceptors (Lipinski definition) is 5. The molecule has 6 nitrogen and oxygen atoms in total. The molecular weight excluding hydrogens is 338 g/mol. The van der Waals surface area contributed by atoms with Gasteiger partial charge in [-0.25, -0.2) is 0 Å². The third-order valence-electron chi connectivity index (χ3n) is 5.57. The second-order valence-electron chi connectivity index (χ2n) is 7.17. The van der Waals surface area contributed by atoms with Crippen LogP contribution in [0.1, 0.15) is 30.0 Å². The zero-order valence-corrected chi connectivity index (χ0v) is 15.0. The number of benzene rings is 1. The Balaban J connectivity index is 1.63. The molecule has 3 heterocycles. The molecule has 1 aliphatic heterocycles. The molecule has 2 N–H and O–H groups in total. The van der Waals surface area contributed by atoms with Crippen LogP contribution >= 0.6 is 0 Å². The van der Waals surface area contributed by atoms with Crippen molar-refractivity contribution in [3.05, 3.63) is 60.0 Å². The summed E-state index contributed by atoms with van der Waals surface area (Å²) < 4.78 is 2.11. The summed E-state index contributed by atoms with van der Waals surface area (Å²) in [6.07, 6.45) is 8.58. The Morgan fingerprint density at radius 1 is 1.07 bits per heavy atom. The van der Waals surface area contributed by atoms with Crippen LogP contribution in [0.25, 0.3) is 22.4 Å². The summed E-state index contributed by atoms with van der Waals surface area (Å²) in [5.74, 6) is 0. The first-order chi connectivity index (χ1) is 13.3. The van der Waals surface area contributed by atoms with Crippen molar-refractivity contribution in [1.82, 2.24) is 20.1 Å². The van der Waals surface area contributed by atoms with Gasteiger partial charge in [-0.3, -0.25) is 9.67 Å². The first kappa shape index (κ1) is 16.2. The standard InChI is InChI=1S/C21H21N5O/c27-25-20-4-2-15-11-16(1-3-18(15)20)19-13-26(17-7-10-23-12-17)24-21(19)14-5-8-22-9-6-14/h1,3,5-6,8-9,11,13,17,23,27H,2,4,7,10,12H2/b25-20+. The van der Waals surface area contributed by atoms with Gasteiger partial charge in [0.1, 0.15) is 5.69 Å². The van der Waals surface area contributed by atoms with Gasteiger partial charge in [-0.2, -0.15) is 5.10 Å². The molecule has 0 spiro atoms. The highest BCUT2D eigenvalue weighted by Gasteiger charge is 2.23. The van der Waals surface area contributed by atoms with Crippen molar-refractivity contribution in [3.8, 4) is 22.4 Å². The van der Waals surface area contributed by atoms with Crippen LogP contribution in [0.2, 0.25) is 0 Å². The maximum Gasteiger partial charge on any atom is 0.100 e. The van der Waals surface area contributed by atoms with Crippen LogP contribution in [-0.2, 0) is 6.42 Å². The summed E-state index contributed by atoms with van der Waals surface area (Å²) in [7, 11) is 0. The molecule has 3 aromatic rings. The van der Waals surface area contributed by atoms with E-state index >= 15 is 0 Å². The number of fused-ring (bicyclic) bond motifs is 1. The molecule has 1 aromatic carbocycles. The topological polar surface area (TPSA) is 75.3 Å². The van der Waals surface area contributed by atoms with Crippen LogP contribution in [0, 0.1) is 0 Å². The number of oxime groups is 1. The molecule has 136 valence electrons. The van der Waals surface area contributed by atoms with Gasteiger partial charge in [-0.1, -0.05) is 23.4 Å². The molecule has 0 amide bonds. The van der Waals surface area contributed by atoms with E-state index in [0.717, 1.165) is 66.0 Å². The Hall–Kier alpha value is -2.99. The molecule has 27 heavy (non-hydrogen) atoms. The maximum atomic E-state index is 9.18. The van der Waals surface area contributed by atoms with Gasteiger partial charge in [-0.05, 0) is 49.1 Å². The first-order valence-electron chi connectivity index (χ1n) is 9.38. The lowest BCUT2D eigenvalue weighted by Gasteiger charge is -2.08. The van der Waals surface area contributed by atoms with Crippen molar-refractivity contribution in [1.29, 1.82) is 0 Å². The van der Waals surface area contributed by atoms with Crippen molar-refractivity contribution in [3.63, 3.8) is 0 Å². The van der Waals surface area contributed by atoms with Gasteiger partial charge in [0, 0.05) is 41.8 Å². The van der Waals surface area contributed by atoms with Gasteiger partial charge in [0.05, 0.1) is 11.8 Å². The SMILES string of the molecule is O/N=C1\CCc2cc(-c3cn(C4CCNC4)nc3-c3ccncc3)ccc21. The Morgan fingerprint density at radius 2 is 1.96 bits per heavy atom. The molecule has 1 unspecified atom stereocenters. The van der Waals surface area contributed by atoms with E-state index in [-0.39, 0.29) is 0 Å². The number of hydrogen-bond donors (Lipinski definition) is 2. The van der Waals surface area contributed by atoms with Crippen LogP contribution in [0.5, 0.6) is 0 Å². The molecule has 0 saturated carbocycles.